The van der Waals surface area contributed by atoms with E-state index in [1.165, 1.54) is 12.1 Å². The van der Waals surface area contributed by atoms with Gasteiger partial charge in [0.2, 0.25) is 6.79 Å². The number of non-ortho nitro benzene ring substituents is 1. The Kier molecular flexibility index (Phi) is 3.20. The fraction of sp³-hybridized carbons (Fsp3) is 0.294. The first-order chi connectivity index (χ1) is 11.1. The Balaban J connectivity index is 1.76. The van der Waals surface area contributed by atoms with Crippen LogP contribution in [0.3, 0.4) is 0 Å². The summed E-state index contributed by atoms with van der Waals surface area (Å²) in [7, 11) is 0. The van der Waals surface area contributed by atoms with Crippen LogP contribution in [0.1, 0.15) is 29.7 Å². The number of nitro benzene ring substituents is 1. The summed E-state index contributed by atoms with van der Waals surface area (Å²) in [5, 5.41) is 10.8. The fourth-order valence-electron chi connectivity index (χ4n) is 3.11. The second-order valence-electron chi connectivity index (χ2n) is 5.78. The van der Waals surface area contributed by atoms with Crippen molar-refractivity contribution in [2.75, 3.05) is 6.79 Å². The minimum absolute atomic E-state index is 0.0584. The third kappa shape index (κ3) is 2.41. The number of ether oxygens (including phenoxy) is 3. The maximum Gasteiger partial charge on any atom is 0.269 e. The fourth-order valence-corrected chi connectivity index (χ4v) is 3.11. The topological polar surface area (TPSA) is 70.8 Å². The van der Waals surface area contributed by atoms with Crippen molar-refractivity contribution in [2.45, 2.75) is 25.6 Å². The second-order valence-corrected chi connectivity index (χ2v) is 5.78. The Morgan fingerprint density at radius 1 is 1.13 bits per heavy atom. The lowest BCUT2D eigenvalue weighted by Crippen LogP contribution is -2.24. The summed E-state index contributed by atoms with van der Waals surface area (Å²) in [5.74, 6) is 1.48. The van der Waals surface area contributed by atoms with Crippen molar-refractivity contribution in [1.29, 1.82) is 0 Å². The highest BCUT2D eigenvalue weighted by molar-refractivity contribution is 5.52. The van der Waals surface area contributed by atoms with Crippen LogP contribution in [0, 0.1) is 10.1 Å². The normalized spacial score (nSPS) is 21.8. The van der Waals surface area contributed by atoms with Crippen LogP contribution in [0.25, 0.3) is 0 Å². The van der Waals surface area contributed by atoms with Gasteiger partial charge in [-0.2, -0.15) is 0 Å². The maximum absolute atomic E-state index is 10.8. The molecular formula is C17H15NO5. The van der Waals surface area contributed by atoms with Crippen molar-refractivity contribution in [2.24, 2.45) is 0 Å². The van der Waals surface area contributed by atoms with E-state index in [0.717, 1.165) is 28.9 Å². The van der Waals surface area contributed by atoms with E-state index in [0.29, 0.717) is 5.75 Å². The monoisotopic (exact) mass is 313 g/mol. The minimum Gasteiger partial charge on any atom is -0.454 e. The van der Waals surface area contributed by atoms with Gasteiger partial charge in [-0.15, -0.1) is 0 Å². The van der Waals surface area contributed by atoms with Gasteiger partial charge in [-0.25, -0.2) is 0 Å². The lowest BCUT2D eigenvalue weighted by molar-refractivity contribution is -0.384. The molecule has 118 valence electrons. The van der Waals surface area contributed by atoms with Crippen LogP contribution in [0.15, 0.2) is 36.4 Å². The first-order valence-corrected chi connectivity index (χ1v) is 7.44. The third-order valence-corrected chi connectivity index (χ3v) is 4.20. The molecule has 0 N–H and O–H groups in total. The van der Waals surface area contributed by atoms with Gasteiger partial charge in [-0.05, 0) is 54.3 Å². The van der Waals surface area contributed by atoms with Crippen LogP contribution >= 0.6 is 0 Å². The number of fused-ring (bicyclic) bond motifs is 2. The molecule has 0 saturated carbocycles. The van der Waals surface area contributed by atoms with Gasteiger partial charge in [-0.3, -0.25) is 10.1 Å². The summed E-state index contributed by atoms with van der Waals surface area (Å²) >= 11 is 0. The first-order valence-electron chi connectivity index (χ1n) is 7.44. The molecule has 0 radical (unpaired) electrons. The minimum atomic E-state index is -0.403. The summed E-state index contributed by atoms with van der Waals surface area (Å²) in [6.45, 7) is 2.25. The van der Waals surface area contributed by atoms with E-state index in [4.69, 9.17) is 14.2 Å². The average Bonchev–Trinajstić information content (AvgIpc) is 2.99. The van der Waals surface area contributed by atoms with Gasteiger partial charge >= 0.3 is 0 Å². The molecule has 2 aromatic carbocycles. The van der Waals surface area contributed by atoms with Crippen molar-refractivity contribution in [3.63, 3.8) is 0 Å². The van der Waals surface area contributed by atoms with Crippen molar-refractivity contribution in [3.8, 4) is 11.5 Å². The molecule has 2 aliphatic heterocycles. The largest absolute Gasteiger partial charge is 0.454 e. The van der Waals surface area contributed by atoms with Crippen LogP contribution < -0.4 is 9.47 Å². The molecule has 0 saturated heterocycles. The predicted molar refractivity (Wildman–Crippen MR) is 81.8 cm³/mol. The highest BCUT2D eigenvalue weighted by atomic mass is 16.7. The highest BCUT2D eigenvalue weighted by Crippen LogP contribution is 2.43. The molecule has 0 aromatic heterocycles. The number of nitro groups is 1. The molecular weight excluding hydrogens is 298 g/mol. The van der Waals surface area contributed by atoms with Gasteiger partial charge in [0.05, 0.1) is 11.0 Å². The van der Waals surface area contributed by atoms with E-state index in [1.807, 2.05) is 19.1 Å². The lowest BCUT2D eigenvalue weighted by atomic mass is 9.90. The van der Waals surface area contributed by atoms with E-state index in [2.05, 4.69) is 0 Å². The Bertz CT molecular complexity index is 771. The summed E-state index contributed by atoms with van der Waals surface area (Å²) in [6, 6.07) is 10.5. The van der Waals surface area contributed by atoms with E-state index in [-0.39, 0.29) is 24.7 Å². The molecule has 2 atom stereocenters. The third-order valence-electron chi connectivity index (χ3n) is 4.20. The van der Waals surface area contributed by atoms with Gasteiger partial charge in [0.25, 0.3) is 5.69 Å². The van der Waals surface area contributed by atoms with Crippen LogP contribution in [0.4, 0.5) is 5.69 Å². The van der Waals surface area contributed by atoms with E-state index in [1.54, 1.807) is 12.1 Å². The molecule has 0 aliphatic carbocycles. The zero-order valence-corrected chi connectivity index (χ0v) is 12.5. The van der Waals surface area contributed by atoms with Gasteiger partial charge in [-0.1, -0.05) is 0 Å². The van der Waals surface area contributed by atoms with Gasteiger partial charge in [0.15, 0.2) is 11.5 Å². The zero-order valence-electron chi connectivity index (χ0n) is 12.5. The second kappa shape index (κ2) is 5.24. The molecule has 2 aliphatic rings. The van der Waals surface area contributed by atoms with Crippen molar-refractivity contribution in [1.82, 2.24) is 0 Å². The number of hydrogen-bond donors (Lipinski definition) is 0. The van der Waals surface area contributed by atoms with Gasteiger partial charge in [0.1, 0.15) is 6.10 Å². The number of rotatable bonds is 2. The Hall–Kier alpha value is -2.60. The van der Waals surface area contributed by atoms with Crippen LogP contribution in [-0.2, 0) is 11.2 Å². The number of hydrogen-bond acceptors (Lipinski definition) is 5. The molecule has 2 aromatic rings. The van der Waals surface area contributed by atoms with Crippen LogP contribution in [0.5, 0.6) is 11.5 Å². The first kappa shape index (κ1) is 14.0. The van der Waals surface area contributed by atoms with Crippen molar-refractivity contribution < 1.29 is 19.1 Å². The predicted octanol–water partition coefficient (Wildman–Crippen LogP) is 3.37. The summed E-state index contributed by atoms with van der Waals surface area (Å²) in [5.41, 5.74) is 3.16. The van der Waals surface area contributed by atoms with Crippen molar-refractivity contribution in [3.05, 3.63) is 63.2 Å². The number of nitrogens with zero attached hydrogens (tertiary/aromatic N) is 1. The number of benzene rings is 2. The quantitative estimate of drug-likeness (QED) is 0.628. The molecule has 23 heavy (non-hydrogen) atoms. The molecule has 6 heteroatoms. The smallest absolute Gasteiger partial charge is 0.269 e. The van der Waals surface area contributed by atoms with Crippen molar-refractivity contribution >= 4 is 5.69 Å². The van der Waals surface area contributed by atoms with E-state index >= 15 is 0 Å². The SMILES string of the molecule is C[C@H]1Cc2cc3c(cc2[C@H](c2ccc([N+](=O)[O-])cc2)O1)OCO3. The standard InChI is InChI=1S/C17H15NO5/c1-10-6-12-7-15-16(22-9-21-15)8-14(12)17(23-10)11-2-4-13(5-3-11)18(19)20/h2-5,7-8,10,17H,6,9H2,1H3/t10-,17-/m0/s1. The molecule has 6 nitrogen and oxygen atoms in total. The maximum atomic E-state index is 10.8. The summed E-state index contributed by atoms with van der Waals surface area (Å²) in [4.78, 5) is 10.4. The van der Waals surface area contributed by atoms with Gasteiger partial charge < -0.3 is 14.2 Å². The molecule has 0 bridgehead atoms. The molecule has 0 spiro atoms. The lowest BCUT2D eigenvalue weighted by Gasteiger charge is -2.31. The molecule has 0 amide bonds. The summed E-state index contributed by atoms with van der Waals surface area (Å²) in [6.07, 6.45) is 0.599. The van der Waals surface area contributed by atoms with E-state index < -0.39 is 4.92 Å². The Morgan fingerprint density at radius 2 is 1.83 bits per heavy atom. The summed E-state index contributed by atoms with van der Waals surface area (Å²) < 4.78 is 17.0. The van der Waals surface area contributed by atoms with Crippen LogP contribution in [0.2, 0.25) is 0 Å². The molecule has 0 fully saturated rings. The average molecular weight is 313 g/mol. The highest BCUT2D eigenvalue weighted by Gasteiger charge is 2.30. The van der Waals surface area contributed by atoms with E-state index in [9.17, 15) is 10.1 Å². The molecule has 0 unspecified atom stereocenters. The molecule has 2 heterocycles. The Morgan fingerprint density at radius 3 is 2.52 bits per heavy atom. The van der Waals surface area contributed by atoms with Gasteiger partial charge in [0, 0.05) is 12.1 Å². The zero-order chi connectivity index (χ0) is 16.0. The molecule has 4 rings (SSSR count). The Labute approximate surface area is 132 Å². The van der Waals surface area contributed by atoms with Crippen LogP contribution in [-0.4, -0.2) is 17.8 Å².